The molecule has 422 valence electrons. The molecule has 30 heteroatoms. The summed E-state index contributed by atoms with van der Waals surface area (Å²) in [4.78, 5) is 61.5. The largest absolute Gasteiger partial charge is 0.490 e. The van der Waals surface area contributed by atoms with Crippen LogP contribution in [0.15, 0.2) is 72.8 Å². The number of carboxylic acid groups (broad SMARTS) is 2. The SMILES string of the molecule is CC(C)(C)OC(=O)N[C@H]1CCNC1.N[C@H]1CCN(C(=O)c2ccc3[nH]c4nc5nnc(Cc6ccc(F)cc6)n5nc4c3c2Cl)C1.O=C(O)C(F)(F)F.O=C(O)c1ccc2[nH]c3nc4nnc(Cc5ccc(F)cc5)n4nc3c2c1Cl. The lowest BCUT2D eigenvalue weighted by Gasteiger charge is -2.21. The topological polar surface area (TPSA) is 315 Å². The molecule has 0 unspecified atom stereocenters. The maximum atomic E-state index is 13.2. The van der Waals surface area contributed by atoms with E-state index in [2.05, 4.69) is 56.1 Å². The zero-order chi connectivity index (χ0) is 58.1. The maximum absolute atomic E-state index is 13.2. The average Bonchev–Trinajstić information content (AvgIpc) is 4.41. The Bertz CT molecular complexity index is 4010. The summed E-state index contributed by atoms with van der Waals surface area (Å²) in [5.74, 6) is -3.00. The van der Waals surface area contributed by atoms with Crippen molar-refractivity contribution in [1.82, 2.24) is 75.1 Å². The van der Waals surface area contributed by atoms with Gasteiger partial charge >= 0.3 is 24.2 Å². The van der Waals surface area contributed by atoms with E-state index in [1.54, 1.807) is 51.9 Å². The number of carbonyl (C=O) groups excluding carboxylic acids is 2. The van der Waals surface area contributed by atoms with Gasteiger partial charge in [-0.25, -0.2) is 23.2 Å². The summed E-state index contributed by atoms with van der Waals surface area (Å²) in [7, 11) is 0. The number of H-pyrrole nitrogens is 2. The molecule has 12 rings (SSSR count). The number of carbonyl (C=O) groups is 4. The van der Waals surface area contributed by atoms with Crippen molar-refractivity contribution in [1.29, 1.82) is 0 Å². The molecule has 2 amide bonds. The molecule has 2 fully saturated rings. The molecule has 0 spiro atoms. The van der Waals surface area contributed by atoms with Crippen molar-refractivity contribution in [3.05, 3.63) is 128 Å². The number of alkyl halides is 3. The lowest BCUT2D eigenvalue weighted by Crippen LogP contribution is -2.40. The van der Waals surface area contributed by atoms with Gasteiger partial charge in [0.15, 0.2) is 22.9 Å². The number of likely N-dealkylation sites (tertiary alicyclic amines) is 1. The van der Waals surface area contributed by atoms with E-state index in [-0.39, 0.29) is 52.1 Å². The molecule has 2 aliphatic rings. The first-order valence-electron chi connectivity index (χ1n) is 24.6. The number of aromatic amines is 2. The second kappa shape index (κ2) is 23.2. The van der Waals surface area contributed by atoms with E-state index in [0.717, 1.165) is 37.1 Å². The average molecular weight is 1160 g/mol. The van der Waals surface area contributed by atoms with Gasteiger partial charge in [-0.3, -0.25) is 4.79 Å². The van der Waals surface area contributed by atoms with Crippen LogP contribution in [0.4, 0.5) is 26.7 Å². The quantitative estimate of drug-likeness (QED) is 0.0762. The minimum Gasteiger partial charge on any atom is -0.478 e. The Morgan fingerprint density at radius 1 is 0.728 bits per heavy atom. The molecule has 2 aliphatic heterocycles. The first-order valence-corrected chi connectivity index (χ1v) is 25.4. The van der Waals surface area contributed by atoms with Crippen molar-refractivity contribution >= 4 is 103 Å². The zero-order valence-electron chi connectivity index (χ0n) is 42.8. The summed E-state index contributed by atoms with van der Waals surface area (Å²) in [5, 5.41) is 49.6. The predicted molar refractivity (Wildman–Crippen MR) is 284 cm³/mol. The summed E-state index contributed by atoms with van der Waals surface area (Å²) in [5.41, 5.74) is 10.8. The summed E-state index contributed by atoms with van der Waals surface area (Å²) < 4.78 is 66.2. The number of benzene rings is 4. The molecule has 2 saturated heterocycles. The van der Waals surface area contributed by atoms with Gasteiger partial charge in [-0.1, -0.05) is 47.5 Å². The van der Waals surface area contributed by atoms with E-state index in [4.69, 9.17) is 48.7 Å². The van der Waals surface area contributed by atoms with Crippen LogP contribution in [0.25, 0.3) is 55.7 Å². The first-order chi connectivity index (χ1) is 38.4. The highest BCUT2D eigenvalue weighted by Gasteiger charge is 2.38. The molecule has 6 aromatic heterocycles. The highest BCUT2D eigenvalue weighted by atomic mass is 35.5. The Morgan fingerprint density at radius 2 is 1.21 bits per heavy atom. The van der Waals surface area contributed by atoms with Gasteiger partial charge in [0.25, 0.3) is 17.5 Å². The van der Waals surface area contributed by atoms with E-state index in [1.165, 1.54) is 34.8 Å². The third-order valence-corrected chi connectivity index (χ3v) is 13.2. The van der Waals surface area contributed by atoms with Gasteiger partial charge in [0.2, 0.25) is 0 Å². The van der Waals surface area contributed by atoms with Gasteiger partial charge in [0, 0.05) is 55.3 Å². The van der Waals surface area contributed by atoms with Crippen molar-refractivity contribution in [2.45, 2.75) is 70.3 Å². The van der Waals surface area contributed by atoms with Gasteiger partial charge in [-0.05, 0) is 99.8 Å². The highest BCUT2D eigenvalue weighted by molar-refractivity contribution is 6.41. The number of carboxylic acids is 2. The normalized spacial score (nSPS) is 15.4. The van der Waals surface area contributed by atoms with Gasteiger partial charge in [-0.2, -0.15) is 42.4 Å². The van der Waals surface area contributed by atoms with Crippen LogP contribution in [0, 0.1) is 11.6 Å². The first kappa shape index (κ1) is 57.0. The number of ether oxygens (including phenoxy) is 1. The van der Waals surface area contributed by atoms with Crippen molar-refractivity contribution in [3.8, 4) is 0 Å². The molecule has 8 N–H and O–H groups in total. The Labute approximate surface area is 463 Å². The number of aromatic carboxylic acids is 1. The van der Waals surface area contributed by atoms with Crippen molar-refractivity contribution in [3.63, 3.8) is 0 Å². The molecule has 4 aromatic carbocycles. The Kier molecular flexibility index (Phi) is 16.3. The number of nitrogens with zero attached hydrogens (tertiary/aromatic N) is 11. The fourth-order valence-corrected chi connectivity index (χ4v) is 9.32. The molecular weight excluding hydrogens is 1110 g/mol. The van der Waals surface area contributed by atoms with E-state index in [9.17, 15) is 41.4 Å². The summed E-state index contributed by atoms with van der Waals surface area (Å²) in [6.45, 7) is 8.52. The van der Waals surface area contributed by atoms with Gasteiger partial charge in [0.05, 0.1) is 32.2 Å². The van der Waals surface area contributed by atoms with Crippen LogP contribution >= 0.6 is 23.2 Å². The number of nitrogens with two attached hydrogens (primary N) is 1. The molecule has 0 bridgehead atoms. The summed E-state index contributed by atoms with van der Waals surface area (Å²) in [6.07, 6.45) is -2.87. The van der Waals surface area contributed by atoms with Crippen LogP contribution in [-0.4, -0.2) is 149 Å². The van der Waals surface area contributed by atoms with Crippen LogP contribution in [0.1, 0.15) is 77.1 Å². The lowest BCUT2D eigenvalue weighted by molar-refractivity contribution is -0.192. The Hall–Kier alpha value is -8.73. The zero-order valence-corrected chi connectivity index (χ0v) is 44.3. The fraction of sp³-hybridized carbons (Fsp3) is 0.294. The third kappa shape index (κ3) is 13.0. The second-order valence-electron chi connectivity index (χ2n) is 19.6. The number of alkyl carbamates (subject to hydrolysis) is 1. The fourth-order valence-electron chi connectivity index (χ4n) is 8.65. The van der Waals surface area contributed by atoms with Crippen molar-refractivity contribution in [2.75, 3.05) is 26.2 Å². The smallest absolute Gasteiger partial charge is 0.478 e. The van der Waals surface area contributed by atoms with Crippen molar-refractivity contribution in [2.24, 2.45) is 5.73 Å². The number of aromatic nitrogens is 12. The summed E-state index contributed by atoms with van der Waals surface area (Å²) >= 11 is 13.1. The Morgan fingerprint density at radius 3 is 1.63 bits per heavy atom. The molecule has 2 atom stereocenters. The molecule has 10 aromatic rings. The molecule has 0 aliphatic carbocycles. The molecule has 81 heavy (non-hydrogen) atoms. The number of halogens is 7. The van der Waals surface area contributed by atoms with Crippen LogP contribution in [0.2, 0.25) is 10.0 Å². The molecule has 0 saturated carbocycles. The predicted octanol–water partition coefficient (Wildman–Crippen LogP) is 7.45. The lowest BCUT2D eigenvalue weighted by atomic mass is 10.1. The van der Waals surface area contributed by atoms with Crippen LogP contribution in [0.3, 0.4) is 0 Å². The number of hydrogen-bond donors (Lipinski definition) is 7. The van der Waals surface area contributed by atoms with Gasteiger partial charge < -0.3 is 46.2 Å². The minimum absolute atomic E-state index is 0.0167. The van der Waals surface area contributed by atoms with E-state index in [0.29, 0.717) is 98.1 Å². The highest BCUT2D eigenvalue weighted by Crippen LogP contribution is 2.35. The van der Waals surface area contributed by atoms with Crippen molar-refractivity contribution < 1.29 is 56.1 Å². The molecule has 0 radical (unpaired) electrons. The van der Waals surface area contributed by atoms with Crippen LogP contribution in [-0.2, 0) is 22.4 Å². The van der Waals surface area contributed by atoms with E-state index in [1.807, 2.05) is 20.8 Å². The number of amides is 2. The standard InChI is InChI=1S/C22H18ClFN8O.C18H10ClFN6O2.C9H18N2O2.C2HF3O2/c23-18-14(21(33)31-8-7-13(25)10-31)5-6-15-17(18)19-20(26-15)27-22-29-28-16(32(22)30-19)9-11-1-3-12(24)4-2-11;19-14-10(17(27)28)5-6-11-13(14)15-16(21-11)22-18-24-23-12(26(18)25-15)7-8-1-3-9(20)4-2-8;1-9(2,3)13-8(12)11-7-4-5-10-6-7;3-2(4,5)1(6)7/h1-6,13H,7-10,25H2,(H,26,27,29);1-6H,7H2,(H,27,28)(H,21,22,24);7,10H,4-6H2,1-3H3,(H,11,12);(H,6,7)/t13-;;7-;/m0.0./s1. The number of rotatable bonds is 7. The number of fused-ring (bicyclic) bond motifs is 8. The second-order valence-corrected chi connectivity index (χ2v) is 20.3. The molecule has 8 heterocycles. The van der Waals surface area contributed by atoms with Gasteiger partial charge in [-0.15, -0.1) is 20.4 Å². The number of nitrogens with one attached hydrogen (secondary N) is 4. The van der Waals surface area contributed by atoms with Crippen LogP contribution in [0.5, 0.6) is 0 Å². The molecular formula is C51H47Cl2F5N16O7. The third-order valence-electron chi connectivity index (χ3n) is 12.5. The van der Waals surface area contributed by atoms with E-state index < -0.39 is 23.7 Å². The van der Waals surface area contributed by atoms with Gasteiger partial charge in [0.1, 0.15) is 28.3 Å². The number of aliphatic carboxylic acids is 1. The van der Waals surface area contributed by atoms with E-state index >= 15 is 0 Å². The maximum Gasteiger partial charge on any atom is 0.490 e. The van der Waals surface area contributed by atoms with Crippen LogP contribution < -0.4 is 16.4 Å². The summed E-state index contributed by atoms with van der Waals surface area (Å²) in [6, 6.07) is 19.0. The minimum atomic E-state index is -5.08. The number of hydrogen-bond acceptors (Lipinski definition) is 15. The monoisotopic (exact) mass is 1160 g/mol. The Balaban J connectivity index is 0.000000148. The molecule has 23 nitrogen and oxygen atoms in total.